The van der Waals surface area contributed by atoms with Crippen molar-refractivity contribution in [3.8, 4) is 0 Å². The zero-order valence-corrected chi connectivity index (χ0v) is 12.2. The fraction of sp³-hybridized carbons (Fsp3) is 0.533. The molecule has 0 atom stereocenters. The molecule has 0 aliphatic rings. The number of anilines is 1. The molecule has 4 nitrogen and oxygen atoms in total. The second-order valence-corrected chi connectivity index (χ2v) is 5.57. The van der Waals surface area contributed by atoms with Crippen molar-refractivity contribution in [1.82, 2.24) is 5.32 Å². The van der Waals surface area contributed by atoms with Crippen LogP contribution in [0.2, 0.25) is 0 Å². The summed E-state index contributed by atoms with van der Waals surface area (Å²) < 4.78 is 0. The van der Waals surface area contributed by atoms with E-state index in [4.69, 9.17) is 0 Å². The molecule has 106 valence electrons. The summed E-state index contributed by atoms with van der Waals surface area (Å²) in [5.74, 6) is -0.0630. The second-order valence-electron chi connectivity index (χ2n) is 5.57. The number of benzene rings is 1. The van der Waals surface area contributed by atoms with E-state index in [1.54, 1.807) is 0 Å². The van der Waals surface area contributed by atoms with Gasteiger partial charge >= 0.3 is 0 Å². The van der Waals surface area contributed by atoms with E-state index >= 15 is 0 Å². The quantitative estimate of drug-likeness (QED) is 0.738. The van der Waals surface area contributed by atoms with Crippen LogP contribution in [0.4, 0.5) is 5.69 Å². The van der Waals surface area contributed by atoms with Crippen LogP contribution in [0.1, 0.15) is 36.7 Å². The Morgan fingerprint density at radius 3 is 2.63 bits per heavy atom. The van der Waals surface area contributed by atoms with Gasteiger partial charge in [0.1, 0.15) is 0 Å². The average molecular weight is 264 g/mol. The lowest BCUT2D eigenvalue weighted by atomic mass is 9.94. The van der Waals surface area contributed by atoms with Crippen LogP contribution in [0.5, 0.6) is 0 Å². The fourth-order valence-corrected chi connectivity index (χ4v) is 1.61. The van der Waals surface area contributed by atoms with Gasteiger partial charge in [0.15, 0.2) is 0 Å². The first-order chi connectivity index (χ1) is 8.89. The van der Waals surface area contributed by atoms with E-state index in [9.17, 15) is 9.90 Å². The molecule has 0 radical (unpaired) electrons. The van der Waals surface area contributed by atoms with E-state index < -0.39 is 0 Å². The monoisotopic (exact) mass is 264 g/mol. The molecule has 0 aromatic heterocycles. The zero-order valence-electron chi connectivity index (χ0n) is 12.2. The van der Waals surface area contributed by atoms with Gasteiger partial charge in [-0.2, -0.15) is 0 Å². The van der Waals surface area contributed by atoms with E-state index in [-0.39, 0.29) is 17.9 Å². The van der Waals surface area contributed by atoms with Gasteiger partial charge < -0.3 is 15.7 Å². The van der Waals surface area contributed by atoms with Gasteiger partial charge in [-0.3, -0.25) is 4.79 Å². The van der Waals surface area contributed by atoms with Gasteiger partial charge in [0, 0.05) is 36.4 Å². The van der Waals surface area contributed by atoms with E-state index in [1.165, 1.54) is 0 Å². The Bertz CT molecular complexity index is 442. The first-order valence-corrected chi connectivity index (χ1v) is 6.63. The minimum Gasteiger partial charge on any atom is -0.396 e. The number of carbonyl (C=O) groups is 1. The highest BCUT2D eigenvalue weighted by Crippen LogP contribution is 2.20. The molecule has 1 aromatic rings. The number of rotatable bonds is 6. The predicted molar refractivity (Wildman–Crippen MR) is 78.5 cm³/mol. The third-order valence-electron chi connectivity index (χ3n) is 3.02. The van der Waals surface area contributed by atoms with Crippen LogP contribution in [0.25, 0.3) is 0 Å². The average Bonchev–Trinajstić information content (AvgIpc) is 2.38. The lowest BCUT2D eigenvalue weighted by molar-refractivity contribution is 0.0956. The molecule has 0 saturated heterocycles. The van der Waals surface area contributed by atoms with Gasteiger partial charge in [-0.05, 0) is 31.5 Å². The van der Waals surface area contributed by atoms with Crippen LogP contribution in [0.3, 0.4) is 0 Å². The van der Waals surface area contributed by atoms with Gasteiger partial charge in [-0.15, -0.1) is 0 Å². The summed E-state index contributed by atoms with van der Waals surface area (Å²) in [5.41, 5.74) is 2.48. The number of aryl methyl sites for hydroxylation is 1. The lowest BCUT2D eigenvalue weighted by Gasteiger charge is -2.23. The molecule has 1 rings (SSSR count). The van der Waals surface area contributed by atoms with Crippen molar-refractivity contribution in [2.24, 2.45) is 5.41 Å². The number of aliphatic hydroxyl groups excluding tert-OH is 1. The lowest BCUT2D eigenvalue weighted by Crippen LogP contribution is -2.27. The Hall–Kier alpha value is -1.55. The maximum Gasteiger partial charge on any atom is 0.251 e. The normalized spacial score (nSPS) is 11.2. The Morgan fingerprint density at radius 2 is 2.05 bits per heavy atom. The van der Waals surface area contributed by atoms with Crippen LogP contribution in [-0.4, -0.2) is 30.7 Å². The molecule has 0 saturated carbocycles. The molecule has 0 spiro atoms. The standard InChI is InChI=1S/C15H24N2O2/c1-5-16-14(19)12-7-6-11(2)13(8-12)17-9-15(3,4)10-18/h6-8,17-18H,5,9-10H2,1-4H3,(H,16,19). The summed E-state index contributed by atoms with van der Waals surface area (Å²) >= 11 is 0. The number of amides is 1. The molecule has 4 heteroatoms. The van der Waals surface area contributed by atoms with Crippen molar-refractivity contribution < 1.29 is 9.90 Å². The maximum absolute atomic E-state index is 11.8. The van der Waals surface area contributed by atoms with E-state index in [0.29, 0.717) is 18.7 Å². The largest absolute Gasteiger partial charge is 0.396 e. The van der Waals surface area contributed by atoms with Crippen molar-refractivity contribution in [1.29, 1.82) is 0 Å². The minimum atomic E-state index is -0.186. The van der Waals surface area contributed by atoms with Gasteiger partial charge in [0.05, 0.1) is 0 Å². The van der Waals surface area contributed by atoms with Crippen molar-refractivity contribution in [2.75, 3.05) is 25.0 Å². The van der Waals surface area contributed by atoms with E-state index in [1.807, 2.05) is 45.9 Å². The Balaban J connectivity index is 2.83. The molecule has 1 amide bonds. The third-order valence-corrected chi connectivity index (χ3v) is 3.02. The molecular weight excluding hydrogens is 240 g/mol. The summed E-state index contributed by atoms with van der Waals surface area (Å²) in [5, 5.41) is 15.3. The van der Waals surface area contributed by atoms with Crippen LogP contribution in [0.15, 0.2) is 18.2 Å². The van der Waals surface area contributed by atoms with Gasteiger partial charge in [0.25, 0.3) is 5.91 Å². The van der Waals surface area contributed by atoms with Crippen molar-refractivity contribution >= 4 is 11.6 Å². The van der Waals surface area contributed by atoms with E-state index in [2.05, 4.69) is 10.6 Å². The minimum absolute atomic E-state index is 0.0630. The number of nitrogens with one attached hydrogen (secondary N) is 2. The molecular formula is C15H24N2O2. The summed E-state index contributed by atoms with van der Waals surface area (Å²) in [6, 6.07) is 5.61. The van der Waals surface area contributed by atoms with Crippen molar-refractivity contribution in [3.05, 3.63) is 29.3 Å². The number of hydrogen-bond donors (Lipinski definition) is 3. The SMILES string of the molecule is CCNC(=O)c1ccc(C)c(NCC(C)(C)CO)c1. The molecule has 0 fully saturated rings. The van der Waals surface area contributed by atoms with Crippen molar-refractivity contribution in [3.63, 3.8) is 0 Å². The first kappa shape index (κ1) is 15.5. The highest BCUT2D eigenvalue weighted by atomic mass is 16.3. The molecule has 0 heterocycles. The molecule has 19 heavy (non-hydrogen) atoms. The summed E-state index contributed by atoms with van der Waals surface area (Å²) in [6.45, 7) is 9.27. The predicted octanol–water partition coefficient (Wildman–Crippen LogP) is 2.18. The molecule has 0 bridgehead atoms. The third kappa shape index (κ3) is 4.56. The summed E-state index contributed by atoms with van der Waals surface area (Å²) in [4.78, 5) is 11.8. The Kier molecular flexibility index (Phi) is 5.36. The summed E-state index contributed by atoms with van der Waals surface area (Å²) in [6.07, 6.45) is 0. The van der Waals surface area contributed by atoms with Crippen LogP contribution < -0.4 is 10.6 Å². The van der Waals surface area contributed by atoms with Crippen LogP contribution in [-0.2, 0) is 0 Å². The van der Waals surface area contributed by atoms with Gasteiger partial charge in [-0.1, -0.05) is 19.9 Å². The second kappa shape index (κ2) is 6.57. The molecule has 0 aliphatic heterocycles. The molecule has 1 aromatic carbocycles. The number of aliphatic hydroxyl groups is 1. The highest BCUT2D eigenvalue weighted by Gasteiger charge is 2.16. The highest BCUT2D eigenvalue weighted by molar-refractivity contribution is 5.95. The molecule has 3 N–H and O–H groups in total. The zero-order chi connectivity index (χ0) is 14.5. The summed E-state index contributed by atoms with van der Waals surface area (Å²) in [7, 11) is 0. The number of carbonyl (C=O) groups excluding carboxylic acids is 1. The molecule has 0 aliphatic carbocycles. The topological polar surface area (TPSA) is 61.4 Å². The van der Waals surface area contributed by atoms with Crippen LogP contribution >= 0.6 is 0 Å². The van der Waals surface area contributed by atoms with E-state index in [0.717, 1.165) is 11.3 Å². The van der Waals surface area contributed by atoms with Gasteiger partial charge in [0.2, 0.25) is 0 Å². The van der Waals surface area contributed by atoms with Crippen LogP contribution in [0, 0.1) is 12.3 Å². The Labute approximate surface area is 115 Å². The molecule has 0 unspecified atom stereocenters. The number of hydrogen-bond acceptors (Lipinski definition) is 3. The van der Waals surface area contributed by atoms with Crippen molar-refractivity contribution in [2.45, 2.75) is 27.7 Å². The first-order valence-electron chi connectivity index (χ1n) is 6.63. The maximum atomic E-state index is 11.8. The smallest absolute Gasteiger partial charge is 0.251 e. The van der Waals surface area contributed by atoms with Gasteiger partial charge in [-0.25, -0.2) is 0 Å². The fourth-order valence-electron chi connectivity index (χ4n) is 1.61. The Morgan fingerprint density at radius 1 is 1.37 bits per heavy atom.